The van der Waals surface area contributed by atoms with Crippen molar-refractivity contribution >= 4 is 37.3 Å². The third-order valence-corrected chi connectivity index (χ3v) is 6.62. The molecule has 1 heterocycles. The lowest BCUT2D eigenvalue weighted by atomic mass is 10.2. The zero-order valence-electron chi connectivity index (χ0n) is 14.8. The summed E-state index contributed by atoms with van der Waals surface area (Å²) in [5.41, 5.74) is 0.951. The minimum absolute atomic E-state index is 0.0549. The quantitative estimate of drug-likeness (QED) is 0.580. The highest BCUT2D eigenvalue weighted by molar-refractivity contribution is 7.90. The van der Waals surface area contributed by atoms with Crippen molar-refractivity contribution in [1.29, 1.82) is 0 Å². The number of fused-ring (bicyclic) bond motifs is 1. The normalized spacial score (nSPS) is 12.2. The molecule has 0 bridgehead atoms. The summed E-state index contributed by atoms with van der Waals surface area (Å²) in [4.78, 5) is 16.5. The molecule has 0 N–H and O–H groups in total. The van der Waals surface area contributed by atoms with E-state index in [1.54, 1.807) is 42.5 Å². The van der Waals surface area contributed by atoms with Crippen LogP contribution in [0.5, 0.6) is 0 Å². The number of sulfone groups is 1. The summed E-state index contributed by atoms with van der Waals surface area (Å²) in [6, 6.07) is 13.4. The minimum atomic E-state index is -3.45. The predicted molar refractivity (Wildman–Crippen MR) is 108 cm³/mol. The Kier molecular flexibility index (Phi) is 6.07. The second-order valence-electron chi connectivity index (χ2n) is 6.09. The fourth-order valence-electron chi connectivity index (χ4n) is 2.72. The summed E-state index contributed by atoms with van der Waals surface area (Å²) in [5.74, 6) is 0.939. The Labute approximate surface area is 166 Å². The maximum atomic E-state index is 14.1. The highest BCUT2D eigenvalue weighted by atomic mass is 32.2. The van der Waals surface area contributed by atoms with Crippen molar-refractivity contribution in [3.63, 3.8) is 0 Å². The lowest BCUT2D eigenvalue weighted by Crippen LogP contribution is -2.18. The summed E-state index contributed by atoms with van der Waals surface area (Å²) >= 11 is 1.13. The van der Waals surface area contributed by atoms with E-state index in [-0.39, 0.29) is 34.8 Å². The van der Waals surface area contributed by atoms with Crippen LogP contribution >= 0.6 is 11.3 Å². The first-order valence-electron chi connectivity index (χ1n) is 8.43. The van der Waals surface area contributed by atoms with Gasteiger partial charge in [0.2, 0.25) is 5.91 Å². The van der Waals surface area contributed by atoms with E-state index in [2.05, 4.69) is 10.9 Å². The van der Waals surface area contributed by atoms with Crippen LogP contribution in [-0.2, 0) is 26.9 Å². The Morgan fingerprint density at radius 1 is 1.18 bits per heavy atom. The van der Waals surface area contributed by atoms with E-state index >= 15 is 0 Å². The van der Waals surface area contributed by atoms with E-state index < -0.39 is 21.6 Å². The second kappa shape index (κ2) is 8.50. The molecule has 3 aromatic rings. The zero-order valence-corrected chi connectivity index (χ0v) is 16.5. The molecule has 0 saturated heterocycles. The van der Waals surface area contributed by atoms with Crippen molar-refractivity contribution < 1.29 is 17.6 Å². The van der Waals surface area contributed by atoms with Crippen LogP contribution in [0.1, 0.15) is 12.0 Å². The van der Waals surface area contributed by atoms with E-state index in [9.17, 15) is 17.6 Å². The number of para-hydroxylation sites is 1. The van der Waals surface area contributed by atoms with Crippen LogP contribution in [0.3, 0.4) is 0 Å². The molecule has 1 amide bonds. The second-order valence-corrected chi connectivity index (χ2v) is 9.29. The summed E-state index contributed by atoms with van der Waals surface area (Å²) in [5, 5.41) is 0. The Balaban J connectivity index is 1.80. The van der Waals surface area contributed by atoms with Gasteiger partial charge in [-0.15, -0.1) is 6.42 Å². The van der Waals surface area contributed by atoms with E-state index in [1.165, 1.54) is 10.6 Å². The molecule has 0 radical (unpaired) electrons. The first-order valence-corrected chi connectivity index (χ1v) is 11.1. The molecule has 0 aliphatic heterocycles. The predicted octanol–water partition coefficient (Wildman–Crippen LogP) is 2.91. The van der Waals surface area contributed by atoms with Crippen LogP contribution in [0.25, 0.3) is 10.2 Å². The van der Waals surface area contributed by atoms with Gasteiger partial charge in [-0.1, -0.05) is 53.7 Å². The monoisotopic (exact) mass is 416 g/mol. The van der Waals surface area contributed by atoms with Gasteiger partial charge in [-0.2, -0.15) is 4.99 Å². The number of terminal acetylenes is 1. The summed E-state index contributed by atoms with van der Waals surface area (Å²) in [6.07, 6.45) is 5.11. The van der Waals surface area contributed by atoms with Crippen molar-refractivity contribution in [1.82, 2.24) is 4.57 Å². The third-order valence-electron chi connectivity index (χ3n) is 3.98. The number of nitrogens with zero attached hydrogens (tertiary/aromatic N) is 2. The average Bonchev–Trinajstić information content (AvgIpc) is 2.99. The van der Waals surface area contributed by atoms with Gasteiger partial charge in [-0.05, 0) is 17.7 Å². The van der Waals surface area contributed by atoms with Crippen molar-refractivity contribution in [2.45, 2.75) is 18.7 Å². The van der Waals surface area contributed by atoms with Crippen LogP contribution in [0.4, 0.5) is 4.39 Å². The van der Waals surface area contributed by atoms with Gasteiger partial charge in [0.25, 0.3) is 0 Å². The van der Waals surface area contributed by atoms with Gasteiger partial charge in [0, 0.05) is 6.42 Å². The van der Waals surface area contributed by atoms with Crippen LogP contribution in [0, 0.1) is 18.2 Å². The topological polar surface area (TPSA) is 68.5 Å². The van der Waals surface area contributed by atoms with Gasteiger partial charge in [0.05, 0.1) is 28.3 Å². The average molecular weight is 416 g/mol. The fourth-order valence-corrected chi connectivity index (χ4v) is 5.11. The number of hydrogen-bond donors (Lipinski definition) is 0. The highest BCUT2D eigenvalue weighted by Gasteiger charge is 2.15. The minimum Gasteiger partial charge on any atom is -0.302 e. The number of benzene rings is 2. The van der Waals surface area contributed by atoms with E-state index in [0.29, 0.717) is 10.3 Å². The number of rotatable bonds is 6. The van der Waals surface area contributed by atoms with Crippen LogP contribution in [0.2, 0.25) is 0 Å². The maximum absolute atomic E-state index is 14.1. The number of thiazole rings is 1. The number of carbonyl (C=O) groups is 1. The van der Waals surface area contributed by atoms with Crippen LogP contribution < -0.4 is 4.80 Å². The van der Waals surface area contributed by atoms with Crippen molar-refractivity contribution in [2.24, 2.45) is 4.99 Å². The molecule has 0 saturated carbocycles. The Bertz CT molecular complexity index is 1220. The van der Waals surface area contributed by atoms with Crippen molar-refractivity contribution in [3.8, 4) is 12.3 Å². The molecule has 28 heavy (non-hydrogen) atoms. The Hall–Kier alpha value is -2.76. The van der Waals surface area contributed by atoms with Gasteiger partial charge in [-0.25, -0.2) is 12.8 Å². The molecule has 0 aliphatic rings. The number of aromatic nitrogens is 1. The molecule has 0 atom stereocenters. The summed E-state index contributed by atoms with van der Waals surface area (Å²) in [7, 11) is -3.45. The van der Waals surface area contributed by atoms with Crippen LogP contribution in [0.15, 0.2) is 53.5 Å². The van der Waals surface area contributed by atoms with Crippen LogP contribution in [-0.4, -0.2) is 24.6 Å². The molecular formula is C20H17FN2O3S2. The Morgan fingerprint density at radius 3 is 2.64 bits per heavy atom. The number of hydrogen-bond acceptors (Lipinski definition) is 4. The number of halogens is 1. The van der Waals surface area contributed by atoms with Gasteiger partial charge in [0.15, 0.2) is 14.6 Å². The molecule has 0 unspecified atom stereocenters. The molecule has 144 valence electrons. The SMILES string of the molecule is C#CCn1c(=NC(=O)CCS(=O)(=O)Cc2ccccc2)sc2cccc(F)c21. The largest absolute Gasteiger partial charge is 0.302 e. The van der Waals surface area contributed by atoms with E-state index in [4.69, 9.17) is 6.42 Å². The maximum Gasteiger partial charge on any atom is 0.249 e. The lowest BCUT2D eigenvalue weighted by Gasteiger charge is -2.03. The smallest absolute Gasteiger partial charge is 0.249 e. The zero-order chi connectivity index (χ0) is 20.1. The highest BCUT2D eigenvalue weighted by Crippen LogP contribution is 2.20. The molecule has 0 fully saturated rings. The summed E-state index contributed by atoms with van der Waals surface area (Å²) in [6.45, 7) is 0.0549. The molecular weight excluding hydrogens is 399 g/mol. The molecule has 2 aromatic carbocycles. The standard InChI is InChI=1S/C20H17FN2O3S2/c1-2-12-23-19-16(21)9-6-10-17(19)27-20(23)22-18(24)11-13-28(25,26)14-15-7-4-3-5-8-15/h1,3-10H,11-14H2. The summed E-state index contributed by atoms with van der Waals surface area (Å²) < 4.78 is 40.7. The number of amides is 1. The van der Waals surface area contributed by atoms with Crippen molar-refractivity contribution in [3.05, 3.63) is 64.7 Å². The van der Waals surface area contributed by atoms with E-state index in [1.807, 2.05) is 0 Å². The first kappa shape index (κ1) is 20.0. The molecule has 1 aromatic heterocycles. The first-order chi connectivity index (χ1) is 13.4. The lowest BCUT2D eigenvalue weighted by molar-refractivity contribution is -0.117. The van der Waals surface area contributed by atoms with Gasteiger partial charge >= 0.3 is 0 Å². The number of carbonyl (C=O) groups excluding carboxylic acids is 1. The van der Waals surface area contributed by atoms with Gasteiger partial charge in [0.1, 0.15) is 5.82 Å². The molecule has 3 rings (SSSR count). The van der Waals surface area contributed by atoms with Crippen molar-refractivity contribution in [2.75, 3.05) is 5.75 Å². The molecule has 0 spiro atoms. The van der Waals surface area contributed by atoms with Gasteiger partial charge < -0.3 is 4.57 Å². The molecule has 8 heteroatoms. The van der Waals surface area contributed by atoms with E-state index in [0.717, 1.165) is 11.3 Å². The molecule has 5 nitrogen and oxygen atoms in total. The Morgan fingerprint density at radius 2 is 1.93 bits per heavy atom. The fraction of sp³-hybridized carbons (Fsp3) is 0.200. The third kappa shape index (κ3) is 4.74. The van der Waals surface area contributed by atoms with Gasteiger partial charge in [-0.3, -0.25) is 4.79 Å². The molecule has 0 aliphatic carbocycles.